The summed E-state index contributed by atoms with van der Waals surface area (Å²) in [5, 5.41) is 2.01. The van der Waals surface area contributed by atoms with Crippen molar-refractivity contribution in [3.05, 3.63) is 35.4 Å². The lowest BCUT2D eigenvalue weighted by molar-refractivity contribution is -0.118. The van der Waals surface area contributed by atoms with E-state index in [9.17, 15) is 35.2 Å². The maximum Gasteiger partial charge on any atom is 0.402 e. The summed E-state index contributed by atoms with van der Waals surface area (Å²) in [6.07, 6.45) is -5.20. The molecule has 0 heterocycles. The van der Waals surface area contributed by atoms with E-state index in [1.807, 2.05) is 5.32 Å². The van der Waals surface area contributed by atoms with Crippen LogP contribution < -0.4 is 5.32 Å². The third-order valence-corrected chi connectivity index (χ3v) is 3.96. The lowest BCUT2D eigenvalue weighted by Crippen LogP contribution is -2.35. The summed E-state index contributed by atoms with van der Waals surface area (Å²) < 4.78 is 84.6. The normalized spacial score (nSPS) is 12.2. The molecule has 0 aliphatic rings. The molecule has 1 N–H and O–H groups in total. The third kappa shape index (κ3) is 6.37. The molecule has 0 bridgehead atoms. The van der Waals surface area contributed by atoms with Crippen LogP contribution in [0, 0.1) is 11.6 Å². The van der Waals surface area contributed by atoms with Gasteiger partial charge in [0.15, 0.2) is 9.84 Å². The summed E-state index contributed by atoms with van der Waals surface area (Å²) in [5.41, 5.74) is -0.305. The van der Waals surface area contributed by atoms with E-state index >= 15 is 0 Å². The number of alkyl halides is 3. The molecule has 0 spiro atoms. The summed E-state index contributed by atoms with van der Waals surface area (Å²) in [7, 11) is -4.64. The largest absolute Gasteiger partial charge is 0.402 e. The van der Waals surface area contributed by atoms with Crippen molar-refractivity contribution in [1.29, 1.82) is 0 Å². The molecule has 4 nitrogen and oxygen atoms in total. The number of carbonyl (C=O) groups excluding carboxylic acids is 1. The zero-order valence-corrected chi connectivity index (χ0v) is 11.9. The molecule has 0 aliphatic carbocycles. The Bertz CT molecular complexity index is 622. The molecular weight excluding hydrogens is 333 g/mol. The van der Waals surface area contributed by atoms with Gasteiger partial charge in [-0.2, -0.15) is 13.2 Å². The average Bonchev–Trinajstić information content (AvgIpc) is 2.28. The van der Waals surface area contributed by atoms with Gasteiger partial charge in [0.1, 0.15) is 23.1 Å². The van der Waals surface area contributed by atoms with Crippen LogP contribution in [0.25, 0.3) is 0 Å². The number of rotatable bonds is 6. The zero-order valence-electron chi connectivity index (χ0n) is 11.1. The average molecular weight is 345 g/mol. The van der Waals surface area contributed by atoms with Gasteiger partial charge in [0.2, 0.25) is 5.91 Å². The zero-order chi connectivity index (χ0) is 17.0. The maximum atomic E-state index is 13.3. The first kappa shape index (κ1) is 18.3. The van der Waals surface area contributed by atoms with Crippen LogP contribution in [-0.2, 0) is 21.1 Å². The van der Waals surface area contributed by atoms with Crippen LogP contribution >= 0.6 is 0 Å². The molecule has 124 valence electrons. The molecule has 0 aromatic heterocycles. The first-order valence-corrected chi connectivity index (χ1v) is 7.79. The molecule has 1 amide bonds. The number of hydrogen-bond acceptors (Lipinski definition) is 3. The van der Waals surface area contributed by atoms with Crippen LogP contribution in [0.5, 0.6) is 0 Å². The van der Waals surface area contributed by atoms with Crippen LogP contribution in [0.2, 0.25) is 0 Å². The fraction of sp³-hybridized carbons (Fsp3) is 0.417. The first-order chi connectivity index (χ1) is 10.0. The summed E-state index contributed by atoms with van der Waals surface area (Å²) >= 11 is 0. The molecule has 0 saturated carbocycles. The molecule has 22 heavy (non-hydrogen) atoms. The van der Waals surface area contributed by atoms with Crippen LogP contribution in [-0.4, -0.2) is 38.6 Å². The van der Waals surface area contributed by atoms with Gasteiger partial charge in [-0.25, -0.2) is 17.2 Å². The van der Waals surface area contributed by atoms with Gasteiger partial charge in [0.05, 0.1) is 0 Å². The fourth-order valence-electron chi connectivity index (χ4n) is 1.65. The highest BCUT2D eigenvalue weighted by atomic mass is 32.2. The lowest BCUT2D eigenvalue weighted by Gasteiger charge is -2.09. The standard InChI is InChI=1S/C12H12F5NO3S/c13-9-2-1-3-10(14)8(9)4-5-18-11(19)6-22(20,21)7-12(15,16)17/h1-3H,4-7H2,(H,18,19). The van der Waals surface area contributed by atoms with E-state index in [0.29, 0.717) is 0 Å². The van der Waals surface area contributed by atoms with E-state index in [1.165, 1.54) is 0 Å². The molecule has 0 atom stereocenters. The molecule has 0 radical (unpaired) electrons. The van der Waals surface area contributed by atoms with Crippen LogP contribution in [0.3, 0.4) is 0 Å². The van der Waals surface area contributed by atoms with Crippen LogP contribution in [0.15, 0.2) is 18.2 Å². The number of hydrogen-bond donors (Lipinski definition) is 1. The van der Waals surface area contributed by atoms with Crippen molar-refractivity contribution >= 4 is 15.7 Å². The summed E-state index contributed by atoms with van der Waals surface area (Å²) in [5.74, 6) is -6.28. The van der Waals surface area contributed by atoms with Gasteiger partial charge in [-0.3, -0.25) is 4.79 Å². The summed E-state index contributed by atoms with van der Waals surface area (Å²) in [4.78, 5) is 11.3. The number of carbonyl (C=O) groups is 1. The minimum atomic E-state index is -4.94. The molecule has 0 fully saturated rings. The minimum Gasteiger partial charge on any atom is -0.355 e. The van der Waals surface area contributed by atoms with Gasteiger partial charge < -0.3 is 5.32 Å². The molecule has 1 aromatic carbocycles. The monoisotopic (exact) mass is 345 g/mol. The van der Waals surface area contributed by atoms with Gasteiger partial charge in [0, 0.05) is 12.1 Å². The second-order valence-electron chi connectivity index (χ2n) is 4.45. The van der Waals surface area contributed by atoms with Gasteiger partial charge in [-0.1, -0.05) is 6.07 Å². The van der Waals surface area contributed by atoms with E-state index in [-0.39, 0.29) is 18.5 Å². The second-order valence-corrected chi connectivity index (χ2v) is 6.51. The molecule has 1 rings (SSSR count). The lowest BCUT2D eigenvalue weighted by atomic mass is 10.1. The Labute approximate surface area is 123 Å². The molecule has 0 saturated heterocycles. The Balaban J connectivity index is 2.51. The van der Waals surface area contributed by atoms with Crippen molar-refractivity contribution in [2.24, 2.45) is 0 Å². The third-order valence-electron chi connectivity index (χ3n) is 2.49. The van der Waals surface area contributed by atoms with E-state index < -0.39 is 45.1 Å². The SMILES string of the molecule is O=C(CS(=O)(=O)CC(F)(F)F)NCCc1c(F)cccc1F. The molecular formula is C12H12F5NO3S. The highest BCUT2D eigenvalue weighted by Crippen LogP contribution is 2.17. The maximum absolute atomic E-state index is 13.3. The highest BCUT2D eigenvalue weighted by Gasteiger charge is 2.35. The number of nitrogens with one attached hydrogen (secondary N) is 1. The van der Waals surface area contributed by atoms with Crippen molar-refractivity contribution in [2.45, 2.75) is 12.6 Å². The van der Waals surface area contributed by atoms with E-state index in [4.69, 9.17) is 0 Å². The predicted molar refractivity (Wildman–Crippen MR) is 67.8 cm³/mol. The molecule has 0 aliphatic heterocycles. The van der Waals surface area contributed by atoms with Crippen molar-refractivity contribution in [2.75, 3.05) is 18.1 Å². The summed E-state index contributed by atoms with van der Waals surface area (Å²) in [6.45, 7) is -0.307. The van der Waals surface area contributed by atoms with Gasteiger partial charge in [0.25, 0.3) is 0 Å². The Kier molecular flexibility index (Phi) is 5.86. The quantitative estimate of drug-likeness (QED) is 0.797. The van der Waals surface area contributed by atoms with Crippen molar-refractivity contribution in [3.63, 3.8) is 0 Å². The van der Waals surface area contributed by atoms with E-state index in [1.54, 1.807) is 0 Å². The number of benzene rings is 1. The van der Waals surface area contributed by atoms with Gasteiger partial charge >= 0.3 is 6.18 Å². The fourth-order valence-corrected chi connectivity index (χ4v) is 2.75. The second kappa shape index (κ2) is 7.03. The number of amides is 1. The predicted octanol–water partition coefficient (Wildman–Crippen LogP) is 1.60. The van der Waals surface area contributed by atoms with Gasteiger partial charge in [-0.05, 0) is 18.6 Å². The smallest absolute Gasteiger partial charge is 0.355 e. The Hall–Kier alpha value is -1.71. The van der Waals surface area contributed by atoms with E-state index in [2.05, 4.69) is 0 Å². The Morgan fingerprint density at radius 3 is 2.18 bits per heavy atom. The number of halogens is 5. The Morgan fingerprint density at radius 1 is 1.14 bits per heavy atom. The first-order valence-electron chi connectivity index (χ1n) is 5.97. The highest BCUT2D eigenvalue weighted by molar-refractivity contribution is 7.92. The number of sulfone groups is 1. The van der Waals surface area contributed by atoms with Gasteiger partial charge in [-0.15, -0.1) is 0 Å². The van der Waals surface area contributed by atoms with Crippen LogP contribution in [0.4, 0.5) is 22.0 Å². The van der Waals surface area contributed by atoms with Crippen molar-refractivity contribution < 1.29 is 35.2 Å². The van der Waals surface area contributed by atoms with Crippen molar-refractivity contribution in [3.8, 4) is 0 Å². The summed E-state index contributed by atoms with van der Waals surface area (Å²) in [6, 6.07) is 3.17. The molecule has 1 aromatic rings. The topological polar surface area (TPSA) is 63.2 Å². The van der Waals surface area contributed by atoms with Crippen molar-refractivity contribution in [1.82, 2.24) is 5.32 Å². The van der Waals surface area contributed by atoms with E-state index in [0.717, 1.165) is 18.2 Å². The van der Waals surface area contributed by atoms with Crippen LogP contribution in [0.1, 0.15) is 5.56 Å². The molecule has 0 unspecified atom stereocenters. The minimum absolute atomic E-state index is 0.260. The molecule has 10 heteroatoms. The Morgan fingerprint density at radius 2 is 1.68 bits per heavy atom.